The highest BCUT2D eigenvalue weighted by molar-refractivity contribution is 5.57. The topological polar surface area (TPSA) is 55.2 Å². The summed E-state index contributed by atoms with van der Waals surface area (Å²) in [6.07, 6.45) is 3.60. The highest BCUT2D eigenvalue weighted by Gasteiger charge is 2.31. The first-order valence-electron chi connectivity index (χ1n) is 5.53. The van der Waals surface area contributed by atoms with Gasteiger partial charge in [-0.3, -0.25) is 10.1 Å². The predicted octanol–water partition coefficient (Wildman–Crippen LogP) is 3.26. The van der Waals surface area contributed by atoms with E-state index in [4.69, 9.17) is 0 Å². The van der Waals surface area contributed by atoms with Crippen molar-refractivity contribution in [2.24, 2.45) is 0 Å². The number of nitrogens with one attached hydrogen (secondary N) is 1. The third-order valence-corrected chi connectivity index (χ3v) is 3.31. The summed E-state index contributed by atoms with van der Waals surface area (Å²) >= 11 is 0. The zero-order chi connectivity index (χ0) is 11.8. The van der Waals surface area contributed by atoms with Crippen molar-refractivity contribution in [1.29, 1.82) is 0 Å². The molecule has 4 nitrogen and oxygen atoms in total. The molecule has 2 rings (SSSR count). The minimum absolute atomic E-state index is 0.154. The summed E-state index contributed by atoms with van der Waals surface area (Å²) in [5.41, 5.74) is 2.28. The molecule has 1 fully saturated rings. The molecule has 86 valence electrons. The molecule has 0 heterocycles. The van der Waals surface area contributed by atoms with Gasteiger partial charge in [-0.15, -0.1) is 0 Å². The Morgan fingerprint density at radius 3 is 2.56 bits per heavy atom. The molecule has 0 aliphatic heterocycles. The van der Waals surface area contributed by atoms with Gasteiger partial charge < -0.3 is 5.32 Å². The zero-order valence-electron chi connectivity index (χ0n) is 9.62. The van der Waals surface area contributed by atoms with Gasteiger partial charge in [0.25, 0.3) is 5.69 Å². The molecule has 1 aliphatic rings. The molecule has 0 saturated heterocycles. The molecular formula is C12H16N2O2. The van der Waals surface area contributed by atoms with Crippen LogP contribution in [0.4, 0.5) is 11.4 Å². The minimum Gasteiger partial charge on any atom is -0.380 e. The van der Waals surface area contributed by atoms with Gasteiger partial charge in [0.15, 0.2) is 0 Å². The highest BCUT2D eigenvalue weighted by Crippen LogP contribution is 2.36. The molecule has 1 N–H and O–H groups in total. The Kier molecular flexibility index (Phi) is 2.58. The number of hydrogen-bond acceptors (Lipinski definition) is 3. The minimum atomic E-state index is -0.359. The summed E-state index contributed by atoms with van der Waals surface area (Å²) < 4.78 is 0. The molecule has 16 heavy (non-hydrogen) atoms. The molecule has 0 atom stereocenters. The van der Waals surface area contributed by atoms with E-state index in [2.05, 4.69) is 12.2 Å². The fraction of sp³-hybridized carbons (Fsp3) is 0.500. The lowest BCUT2D eigenvalue weighted by Gasteiger charge is -2.40. The molecule has 1 aromatic rings. The van der Waals surface area contributed by atoms with E-state index in [1.165, 1.54) is 19.3 Å². The first kappa shape index (κ1) is 10.9. The van der Waals surface area contributed by atoms with Crippen LogP contribution in [0.2, 0.25) is 0 Å². The van der Waals surface area contributed by atoms with Crippen molar-refractivity contribution in [3.63, 3.8) is 0 Å². The van der Waals surface area contributed by atoms with Gasteiger partial charge in [0, 0.05) is 23.4 Å². The Morgan fingerprint density at radius 2 is 2.12 bits per heavy atom. The molecule has 4 heteroatoms. The fourth-order valence-electron chi connectivity index (χ4n) is 2.06. The number of aryl methyl sites for hydroxylation is 1. The number of anilines is 1. The standard InChI is InChI=1S/C12H16N2O2/c1-9-8-10(14(15)16)4-5-11(9)13-12(2)6-3-7-12/h4-5,8,13H,3,6-7H2,1-2H3. The van der Waals surface area contributed by atoms with Crippen molar-refractivity contribution in [2.45, 2.75) is 38.6 Å². The second kappa shape index (κ2) is 3.77. The van der Waals surface area contributed by atoms with E-state index in [0.717, 1.165) is 11.3 Å². The number of hydrogen-bond donors (Lipinski definition) is 1. The van der Waals surface area contributed by atoms with E-state index in [1.54, 1.807) is 18.2 Å². The first-order valence-corrected chi connectivity index (χ1v) is 5.53. The van der Waals surface area contributed by atoms with Crippen molar-refractivity contribution >= 4 is 11.4 Å². The lowest BCUT2D eigenvalue weighted by atomic mass is 9.78. The quantitative estimate of drug-likeness (QED) is 0.628. The van der Waals surface area contributed by atoms with Gasteiger partial charge >= 0.3 is 0 Å². The first-order chi connectivity index (χ1) is 7.50. The number of non-ortho nitro benzene ring substituents is 1. The molecule has 0 aromatic heterocycles. The fourth-order valence-corrected chi connectivity index (χ4v) is 2.06. The molecule has 1 aliphatic carbocycles. The van der Waals surface area contributed by atoms with Crippen LogP contribution in [0.15, 0.2) is 18.2 Å². The van der Waals surface area contributed by atoms with E-state index in [9.17, 15) is 10.1 Å². The van der Waals surface area contributed by atoms with E-state index in [-0.39, 0.29) is 16.1 Å². The van der Waals surface area contributed by atoms with Gasteiger partial charge in [-0.05, 0) is 44.7 Å². The van der Waals surface area contributed by atoms with Gasteiger partial charge in [-0.2, -0.15) is 0 Å². The Bertz CT molecular complexity index is 425. The summed E-state index contributed by atoms with van der Waals surface area (Å²) in [4.78, 5) is 10.2. The maximum Gasteiger partial charge on any atom is 0.269 e. The summed E-state index contributed by atoms with van der Waals surface area (Å²) in [7, 11) is 0. The maximum atomic E-state index is 10.6. The van der Waals surface area contributed by atoms with Gasteiger partial charge in [0.1, 0.15) is 0 Å². The number of rotatable bonds is 3. The zero-order valence-corrected chi connectivity index (χ0v) is 9.62. The van der Waals surface area contributed by atoms with E-state index in [1.807, 2.05) is 6.92 Å². The monoisotopic (exact) mass is 220 g/mol. The molecule has 0 radical (unpaired) electrons. The largest absolute Gasteiger partial charge is 0.380 e. The summed E-state index contributed by atoms with van der Waals surface area (Å²) in [6, 6.07) is 4.97. The second-order valence-electron chi connectivity index (χ2n) is 4.80. The van der Waals surface area contributed by atoms with Gasteiger partial charge in [-0.1, -0.05) is 0 Å². The average molecular weight is 220 g/mol. The van der Waals surface area contributed by atoms with Crippen molar-refractivity contribution in [3.8, 4) is 0 Å². The molecule has 0 bridgehead atoms. The SMILES string of the molecule is Cc1cc([N+](=O)[O-])ccc1NC1(C)CCC1. The number of nitrogens with zero attached hydrogens (tertiary/aromatic N) is 1. The molecule has 0 spiro atoms. The summed E-state index contributed by atoms with van der Waals surface area (Å²) in [5.74, 6) is 0. The molecule has 0 unspecified atom stereocenters. The number of benzene rings is 1. The van der Waals surface area contributed by atoms with Crippen LogP contribution in [-0.4, -0.2) is 10.5 Å². The van der Waals surface area contributed by atoms with Crippen LogP contribution >= 0.6 is 0 Å². The normalized spacial score (nSPS) is 17.6. The Balaban J connectivity index is 2.19. The third kappa shape index (κ3) is 2.01. The van der Waals surface area contributed by atoms with Crippen LogP contribution in [0.5, 0.6) is 0 Å². The van der Waals surface area contributed by atoms with Crippen molar-refractivity contribution in [3.05, 3.63) is 33.9 Å². The van der Waals surface area contributed by atoms with Crippen molar-refractivity contribution < 1.29 is 4.92 Å². The van der Waals surface area contributed by atoms with E-state index < -0.39 is 0 Å². The average Bonchev–Trinajstić information content (AvgIpc) is 2.18. The maximum absolute atomic E-state index is 10.6. The van der Waals surface area contributed by atoms with E-state index >= 15 is 0 Å². The summed E-state index contributed by atoms with van der Waals surface area (Å²) in [6.45, 7) is 4.09. The van der Waals surface area contributed by atoms with Gasteiger partial charge in [-0.25, -0.2) is 0 Å². The van der Waals surface area contributed by atoms with Crippen molar-refractivity contribution in [2.75, 3.05) is 5.32 Å². The summed E-state index contributed by atoms with van der Waals surface area (Å²) in [5, 5.41) is 14.1. The Morgan fingerprint density at radius 1 is 1.44 bits per heavy atom. The molecule has 1 saturated carbocycles. The van der Waals surface area contributed by atoms with Gasteiger partial charge in [0.2, 0.25) is 0 Å². The van der Waals surface area contributed by atoms with Crippen LogP contribution in [0, 0.1) is 17.0 Å². The highest BCUT2D eigenvalue weighted by atomic mass is 16.6. The smallest absolute Gasteiger partial charge is 0.269 e. The van der Waals surface area contributed by atoms with Crippen LogP contribution in [0.1, 0.15) is 31.7 Å². The van der Waals surface area contributed by atoms with Crippen LogP contribution < -0.4 is 5.32 Å². The Labute approximate surface area is 94.8 Å². The lowest BCUT2D eigenvalue weighted by Crippen LogP contribution is -2.41. The predicted molar refractivity (Wildman–Crippen MR) is 63.7 cm³/mol. The third-order valence-electron chi connectivity index (χ3n) is 3.31. The van der Waals surface area contributed by atoms with Crippen LogP contribution in [0.25, 0.3) is 0 Å². The lowest BCUT2D eigenvalue weighted by molar-refractivity contribution is -0.384. The van der Waals surface area contributed by atoms with E-state index in [0.29, 0.717) is 0 Å². The Hall–Kier alpha value is -1.58. The second-order valence-corrected chi connectivity index (χ2v) is 4.80. The number of nitro benzene ring substituents is 1. The van der Waals surface area contributed by atoms with Crippen molar-refractivity contribution in [1.82, 2.24) is 0 Å². The van der Waals surface area contributed by atoms with Crippen LogP contribution in [0.3, 0.4) is 0 Å². The molecular weight excluding hydrogens is 204 g/mol. The number of nitro groups is 1. The van der Waals surface area contributed by atoms with Crippen LogP contribution in [-0.2, 0) is 0 Å². The van der Waals surface area contributed by atoms with Gasteiger partial charge in [0.05, 0.1) is 4.92 Å². The molecule has 0 amide bonds. The molecule has 1 aromatic carbocycles.